The topological polar surface area (TPSA) is 73.6 Å². The smallest absolute Gasteiger partial charge is 0.264 e. The van der Waals surface area contributed by atoms with Crippen molar-refractivity contribution in [2.45, 2.75) is 31.0 Å². The first-order chi connectivity index (χ1) is 8.72. The van der Waals surface area contributed by atoms with Crippen molar-refractivity contribution in [2.24, 2.45) is 5.73 Å². The van der Waals surface area contributed by atoms with Gasteiger partial charge in [0.15, 0.2) is 11.5 Å². The lowest BCUT2D eigenvalue weighted by Gasteiger charge is -2.34. The third-order valence-electron chi connectivity index (χ3n) is 3.32. The first kappa shape index (κ1) is 11.3. The maximum atomic E-state index is 12.0. The Morgan fingerprint density at radius 1 is 1.28 bits per heavy atom. The molecule has 3 N–H and O–H groups in total. The number of fused-ring (bicyclic) bond motifs is 1. The Labute approximate surface area is 105 Å². The molecule has 1 heterocycles. The quantitative estimate of drug-likeness (QED) is 0.796. The van der Waals surface area contributed by atoms with Gasteiger partial charge in [0.05, 0.1) is 0 Å². The average molecular weight is 248 g/mol. The molecule has 18 heavy (non-hydrogen) atoms. The molecule has 5 heteroatoms. The van der Waals surface area contributed by atoms with Crippen molar-refractivity contribution in [1.82, 2.24) is 5.32 Å². The number of carbonyl (C=O) groups excluding carboxylic acids is 1. The molecule has 0 radical (unpaired) electrons. The predicted octanol–water partition coefficient (Wildman–Crippen LogP) is 0.432. The van der Waals surface area contributed by atoms with E-state index in [1.807, 2.05) is 18.2 Å². The van der Waals surface area contributed by atoms with Crippen LogP contribution in [0.2, 0.25) is 0 Å². The largest absolute Gasteiger partial charge is 0.485 e. The maximum Gasteiger partial charge on any atom is 0.264 e. The molecule has 96 valence electrons. The van der Waals surface area contributed by atoms with Crippen LogP contribution in [-0.4, -0.2) is 30.7 Å². The van der Waals surface area contributed by atoms with Crippen LogP contribution in [0.3, 0.4) is 0 Å². The number of hydrogen-bond acceptors (Lipinski definition) is 4. The monoisotopic (exact) mass is 248 g/mol. The molecule has 1 amide bonds. The van der Waals surface area contributed by atoms with Gasteiger partial charge in [0.25, 0.3) is 5.91 Å². The Kier molecular flexibility index (Phi) is 2.83. The van der Waals surface area contributed by atoms with Crippen LogP contribution in [0.25, 0.3) is 0 Å². The average Bonchev–Trinajstić information content (AvgIpc) is 2.36. The van der Waals surface area contributed by atoms with Crippen molar-refractivity contribution >= 4 is 5.91 Å². The fourth-order valence-corrected chi connectivity index (χ4v) is 2.22. The van der Waals surface area contributed by atoms with Gasteiger partial charge >= 0.3 is 0 Å². The lowest BCUT2D eigenvalue weighted by atomic mass is 9.87. The highest BCUT2D eigenvalue weighted by atomic mass is 16.6. The van der Waals surface area contributed by atoms with Crippen LogP contribution in [-0.2, 0) is 4.79 Å². The zero-order chi connectivity index (χ0) is 12.5. The van der Waals surface area contributed by atoms with Crippen LogP contribution < -0.4 is 20.5 Å². The van der Waals surface area contributed by atoms with Crippen LogP contribution >= 0.6 is 0 Å². The van der Waals surface area contributed by atoms with Crippen molar-refractivity contribution < 1.29 is 14.3 Å². The molecule has 5 nitrogen and oxygen atoms in total. The summed E-state index contributed by atoms with van der Waals surface area (Å²) in [5.41, 5.74) is 5.68. The summed E-state index contributed by atoms with van der Waals surface area (Å²) >= 11 is 0. The normalized spacial score (nSPS) is 29.3. The summed E-state index contributed by atoms with van der Waals surface area (Å²) in [6.07, 6.45) is 1.11. The van der Waals surface area contributed by atoms with Gasteiger partial charge in [-0.1, -0.05) is 12.1 Å². The maximum absolute atomic E-state index is 12.0. The number of rotatable bonds is 2. The zero-order valence-electron chi connectivity index (χ0n) is 9.96. The van der Waals surface area contributed by atoms with E-state index < -0.39 is 6.10 Å². The highest BCUT2D eigenvalue weighted by Gasteiger charge is 2.32. The summed E-state index contributed by atoms with van der Waals surface area (Å²) in [6.45, 7) is 0.252. The molecule has 0 spiro atoms. The van der Waals surface area contributed by atoms with Crippen molar-refractivity contribution in [3.8, 4) is 11.5 Å². The van der Waals surface area contributed by atoms with E-state index in [-0.39, 0.29) is 24.6 Å². The van der Waals surface area contributed by atoms with Crippen molar-refractivity contribution in [3.05, 3.63) is 24.3 Å². The second kappa shape index (κ2) is 4.49. The number of benzene rings is 1. The summed E-state index contributed by atoms with van der Waals surface area (Å²) in [6, 6.07) is 7.77. The summed E-state index contributed by atoms with van der Waals surface area (Å²) < 4.78 is 11.1. The Hall–Kier alpha value is -1.75. The number of hydrogen-bond donors (Lipinski definition) is 2. The fraction of sp³-hybridized carbons (Fsp3) is 0.462. The van der Waals surface area contributed by atoms with Crippen LogP contribution in [0.4, 0.5) is 0 Å². The summed E-state index contributed by atoms with van der Waals surface area (Å²) in [5, 5.41) is 2.92. The molecular formula is C13H16N2O3. The molecular weight excluding hydrogens is 232 g/mol. The highest BCUT2D eigenvalue weighted by Crippen LogP contribution is 2.31. The minimum atomic E-state index is -0.572. The molecule has 1 aliphatic carbocycles. The van der Waals surface area contributed by atoms with Gasteiger partial charge in [-0.2, -0.15) is 0 Å². The predicted molar refractivity (Wildman–Crippen MR) is 65.5 cm³/mol. The molecule has 1 aromatic carbocycles. The van der Waals surface area contributed by atoms with E-state index in [4.69, 9.17) is 15.2 Å². The number of carbonyl (C=O) groups is 1. The Morgan fingerprint density at radius 3 is 2.72 bits per heavy atom. The molecule has 3 rings (SSSR count). The second-order valence-electron chi connectivity index (χ2n) is 4.80. The van der Waals surface area contributed by atoms with Crippen molar-refractivity contribution in [1.29, 1.82) is 0 Å². The van der Waals surface area contributed by atoms with Gasteiger partial charge in [0.1, 0.15) is 6.61 Å². The van der Waals surface area contributed by atoms with Crippen LogP contribution in [0.1, 0.15) is 12.8 Å². The SMILES string of the molecule is NC1CC(NC(=O)C2COc3ccccc3O2)C1. The lowest BCUT2D eigenvalue weighted by Crippen LogP contribution is -2.54. The summed E-state index contributed by atoms with van der Waals surface area (Å²) in [7, 11) is 0. The second-order valence-corrected chi connectivity index (χ2v) is 4.80. The van der Waals surface area contributed by atoms with E-state index >= 15 is 0 Å². The van der Waals surface area contributed by atoms with Gasteiger partial charge in [0.2, 0.25) is 6.10 Å². The number of amides is 1. The van der Waals surface area contributed by atoms with Gasteiger partial charge in [0, 0.05) is 12.1 Å². The van der Waals surface area contributed by atoms with E-state index in [1.165, 1.54) is 0 Å². The Balaban J connectivity index is 1.60. The molecule has 1 aliphatic heterocycles. The molecule has 1 fully saturated rings. The van der Waals surface area contributed by atoms with Gasteiger partial charge in [-0.05, 0) is 25.0 Å². The minimum Gasteiger partial charge on any atom is -0.485 e. The Bertz CT molecular complexity index is 457. The summed E-state index contributed by atoms with van der Waals surface area (Å²) in [5.74, 6) is 1.18. The molecule has 1 aromatic rings. The standard InChI is InChI=1S/C13H16N2O3/c14-8-5-9(6-8)15-13(16)12-7-17-10-3-1-2-4-11(10)18-12/h1-4,8-9,12H,5-7,14H2,(H,15,16). The lowest BCUT2D eigenvalue weighted by molar-refractivity contribution is -0.131. The molecule has 1 atom stereocenters. The van der Waals surface area contributed by atoms with Crippen LogP contribution in [0.5, 0.6) is 11.5 Å². The summed E-state index contributed by atoms with van der Waals surface area (Å²) in [4.78, 5) is 12.0. The molecule has 0 aromatic heterocycles. The van der Waals surface area contributed by atoms with E-state index in [0.29, 0.717) is 11.5 Å². The third-order valence-corrected chi connectivity index (χ3v) is 3.32. The molecule has 1 saturated carbocycles. The van der Waals surface area contributed by atoms with E-state index in [1.54, 1.807) is 6.07 Å². The molecule has 2 aliphatic rings. The van der Waals surface area contributed by atoms with E-state index in [9.17, 15) is 4.79 Å². The first-order valence-electron chi connectivity index (χ1n) is 6.17. The van der Waals surface area contributed by atoms with Crippen LogP contribution in [0, 0.1) is 0 Å². The number of ether oxygens (including phenoxy) is 2. The first-order valence-corrected chi connectivity index (χ1v) is 6.17. The van der Waals surface area contributed by atoms with Crippen molar-refractivity contribution in [3.63, 3.8) is 0 Å². The van der Waals surface area contributed by atoms with E-state index in [0.717, 1.165) is 12.8 Å². The number of para-hydroxylation sites is 2. The fourth-order valence-electron chi connectivity index (χ4n) is 2.22. The Morgan fingerprint density at radius 2 is 2.00 bits per heavy atom. The van der Waals surface area contributed by atoms with E-state index in [2.05, 4.69) is 5.32 Å². The molecule has 0 bridgehead atoms. The van der Waals surface area contributed by atoms with Gasteiger partial charge in [-0.3, -0.25) is 4.79 Å². The van der Waals surface area contributed by atoms with Gasteiger partial charge < -0.3 is 20.5 Å². The van der Waals surface area contributed by atoms with Gasteiger partial charge in [-0.15, -0.1) is 0 Å². The van der Waals surface area contributed by atoms with Crippen LogP contribution in [0.15, 0.2) is 24.3 Å². The molecule has 1 unspecified atom stereocenters. The minimum absolute atomic E-state index is 0.124. The number of nitrogens with one attached hydrogen (secondary N) is 1. The molecule has 0 saturated heterocycles. The zero-order valence-corrected chi connectivity index (χ0v) is 9.96. The third kappa shape index (κ3) is 2.13. The highest BCUT2D eigenvalue weighted by molar-refractivity contribution is 5.82. The number of nitrogens with two attached hydrogens (primary N) is 1. The van der Waals surface area contributed by atoms with Crippen molar-refractivity contribution in [2.75, 3.05) is 6.61 Å². The van der Waals surface area contributed by atoms with Gasteiger partial charge in [-0.25, -0.2) is 0 Å².